The van der Waals surface area contributed by atoms with E-state index in [-0.39, 0.29) is 0 Å². The molecule has 0 aliphatic carbocycles. The lowest BCUT2D eigenvalue weighted by atomic mass is 10.1. The molecule has 0 fully saturated rings. The third kappa shape index (κ3) is 4.32. The number of benzene rings is 1. The Labute approximate surface area is 123 Å². The summed E-state index contributed by atoms with van der Waals surface area (Å²) in [5.74, 6) is -0.0273. The van der Waals surface area contributed by atoms with E-state index >= 15 is 0 Å². The summed E-state index contributed by atoms with van der Waals surface area (Å²) in [5.41, 5.74) is 2.12. The smallest absolute Gasteiger partial charge is 0.328 e. The summed E-state index contributed by atoms with van der Waals surface area (Å²) in [6.07, 6.45) is 4.60. The highest BCUT2D eigenvalue weighted by atomic mass is 32.2. The number of carboxylic acids is 1. The third-order valence-corrected chi connectivity index (χ3v) is 3.82. The van der Waals surface area contributed by atoms with Gasteiger partial charge in [0.05, 0.1) is 11.3 Å². The molecule has 1 atom stereocenters. The van der Waals surface area contributed by atoms with Crippen LogP contribution in [0.25, 0.3) is 6.08 Å². The zero-order valence-corrected chi connectivity index (χ0v) is 12.6. The van der Waals surface area contributed by atoms with Crippen molar-refractivity contribution in [1.29, 1.82) is 5.26 Å². The average molecular weight is 290 g/mol. The van der Waals surface area contributed by atoms with Crippen LogP contribution in [0.3, 0.4) is 0 Å². The van der Waals surface area contributed by atoms with Crippen LogP contribution in [-0.2, 0) is 4.79 Å². The van der Waals surface area contributed by atoms with Gasteiger partial charge in [0.25, 0.3) is 0 Å². The maximum Gasteiger partial charge on any atom is 0.328 e. The van der Waals surface area contributed by atoms with Crippen molar-refractivity contribution in [3.63, 3.8) is 0 Å². The van der Waals surface area contributed by atoms with E-state index in [0.29, 0.717) is 17.2 Å². The van der Waals surface area contributed by atoms with Gasteiger partial charge in [0, 0.05) is 24.9 Å². The number of nitrogens with zero attached hydrogens (tertiary/aromatic N) is 2. The number of hydrogen-bond acceptors (Lipinski definition) is 4. The van der Waals surface area contributed by atoms with Gasteiger partial charge in [-0.05, 0) is 37.0 Å². The molecule has 1 unspecified atom stereocenters. The van der Waals surface area contributed by atoms with E-state index < -0.39 is 5.97 Å². The fourth-order valence-corrected chi connectivity index (χ4v) is 2.52. The van der Waals surface area contributed by atoms with E-state index in [4.69, 9.17) is 5.11 Å². The number of rotatable bonds is 6. The molecule has 0 radical (unpaired) electrons. The molecule has 1 rings (SSSR count). The number of nitriles is 1. The lowest BCUT2D eigenvalue weighted by Gasteiger charge is -2.27. The maximum atomic E-state index is 10.5. The zero-order valence-electron chi connectivity index (χ0n) is 11.8. The highest BCUT2D eigenvalue weighted by Gasteiger charge is 2.13. The Kier molecular flexibility index (Phi) is 6.13. The molecule has 0 bridgehead atoms. The second kappa shape index (κ2) is 7.61. The molecule has 20 heavy (non-hydrogen) atoms. The highest BCUT2D eigenvalue weighted by molar-refractivity contribution is 7.98. The van der Waals surface area contributed by atoms with Gasteiger partial charge in [-0.1, -0.05) is 6.07 Å². The van der Waals surface area contributed by atoms with Crippen LogP contribution in [0.1, 0.15) is 18.1 Å². The minimum Gasteiger partial charge on any atom is -0.478 e. The fraction of sp³-hybridized carbons (Fsp3) is 0.333. The minimum absolute atomic E-state index is 0.317. The van der Waals surface area contributed by atoms with Crippen LogP contribution in [0.5, 0.6) is 0 Å². The largest absolute Gasteiger partial charge is 0.478 e. The summed E-state index contributed by atoms with van der Waals surface area (Å²) in [6.45, 7) is 2.11. The van der Waals surface area contributed by atoms with Crippen molar-refractivity contribution in [2.24, 2.45) is 0 Å². The normalized spacial score (nSPS) is 12.1. The molecular formula is C15H18N2O2S. The van der Waals surface area contributed by atoms with Crippen LogP contribution in [0.15, 0.2) is 24.3 Å². The van der Waals surface area contributed by atoms with Gasteiger partial charge in [-0.25, -0.2) is 4.79 Å². The second-order valence-corrected chi connectivity index (χ2v) is 5.39. The molecule has 1 aromatic carbocycles. The number of aliphatic carboxylic acids is 1. The maximum absolute atomic E-state index is 10.5. The molecule has 0 aliphatic rings. The van der Waals surface area contributed by atoms with Crippen molar-refractivity contribution < 1.29 is 9.90 Å². The number of hydrogen-bond donors (Lipinski definition) is 1. The standard InChI is InChI=1S/C15H18N2O2S/c1-11(10-20-3)17(2)14-6-4-12(5-7-15(18)19)8-13(14)9-16/h4-8,11H,10H2,1-3H3,(H,18,19)/b7-5+. The lowest BCUT2D eigenvalue weighted by Crippen LogP contribution is -2.31. The van der Waals surface area contributed by atoms with Crippen molar-refractivity contribution in [2.75, 3.05) is 24.0 Å². The summed E-state index contributed by atoms with van der Waals surface area (Å²) in [7, 11) is 1.96. The first kappa shape index (κ1) is 16.1. The van der Waals surface area contributed by atoms with Crippen LogP contribution in [0.4, 0.5) is 5.69 Å². The molecule has 4 nitrogen and oxygen atoms in total. The van der Waals surface area contributed by atoms with E-state index in [0.717, 1.165) is 17.5 Å². The Morgan fingerprint density at radius 1 is 1.60 bits per heavy atom. The quantitative estimate of drug-likeness (QED) is 0.816. The molecule has 106 valence electrons. The second-order valence-electron chi connectivity index (χ2n) is 4.48. The molecule has 1 N–H and O–H groups in total. The zero-order chi connectivity index (χ0) is 15.1. The third-order valence-electron chi connectivity index (χ3n) is 3.01. The van der Waals surface area contributed by atoms with E-state index in [2.05, 4.69) is 24.1 Å². The van der Waals surface area contributed by atoms with E-state index in [1.165, 1.54) is 6.08 Å². The molecule has 0 heterocycles. The van der Waals surface area contributed by atoms with Gasteiger partial charge in [-0.15, -0.1) is 0 Å². The van der Waals surface area contributed by atoms with Crippen molar-refractivity contribution in [3.8, 4) is 6.07 Å². The van der Waals surface area contributed by atoms with E-state index in [1.807, 2.05) is 19.2 Å². The molecular weight excluding hydrogens is 272 g/mol. The summed E-state index contributed by atoms with van der Waals surface area (Å²) < 4.78 is 0. The molecule has 0 amide bonds. The molecule has 0 saturated heterocycles. The molecule has 0 spiro atoms. The summed E-state index contributed by atoms with van der Waals surface area (Å²) in [5, 5.41) is 17.9. The lowest BCUT2D eigenvalue weighted by molar-refractivity contribution is -0.131. The Balaban J connectivity index is 3.05. The topological polar surface area (TPSA) is 64.3 Å². The monoisotopic (exact) mass is 290 g/mol. The summed E-state index contributed by atoms with van der Waals surface area (Å²) >= 11 is 1.76. The average Bonchev–Trinajstić information content (AvgIpc) is 2.44. The highest BCUT2D eigenvalue weighted by Crippen LogP contribution is 2.23. The first-order chi connectivity index (χ1) is 9.49. The SMILES string of the molecule is CSCC(C)N(C)c1ccc(/C=C/C(=O)O)cc1C#N. The van der Waals surface area contributed by atoms with Gasteiger partial charge in [-0.2, -0.15) is 17.0 Å². The molecule has 0 aliphatic heterocycles. The number of thioether (sulfide) groups is 1. The predicted molar refractivity (Wildman–Crippen MR) is 84.1 cm³/mol. The number of anilines is 1. The Morgan fingerprint density at radius 3 is 2.85 bits per heavy atom. The van der Waals surface area contributed by atoms with Gasteiger partial charge in [0.15, 0.2) is 0 Å². The number of carboxylic acid groups (broad SMARTS) is 1. The Morgan fingerprint density at radius 2 is 2.30 bits per heavy atom. The predicted octanol–water partition coefficient (Wildman–Crippen LogP) is 2.84. The van der Waals surface area contributed by atoms with Crippen molar-refractivity contribution in [1.82, 2.24) is 0 Å². The van der Waals surface area contributed by atoms with Crippen molar-refractivity contribution in [3.05, 3.63) is 35.4 Å². The van der Waals surface area contributed by atoms with Gasteiger partial charge in [-0.3, -0.25) is 0 Å². The first-order valence-corrected chi connectivity index (χ1v) is 7.56. The Hall–Kier alpha value is -1.93. The first-order valence-electron chi connectivity index (χ1n) is 6.16. The van der Waals surface area contributed by atoms with Crippen LogP contribution >= 0.6 is 11.8 Å². The van der Waals surface area contributed by atoms with Crippen LogP contribution in [-0.4, -0.2) is 36.2 Å². The van der Waals surface area contributed by atoms with Crippen LogP contribution in [0, 0.1) is 11.3 Å². The van der Waals surface area contributed by atoms with Gasteiger partial charge < -0.3 is 10.0 Å². The molecule has 0 saturated carbocycles. The van der Waals surface area contributed by atoms with Crippen molar-refractivity contribution in [2.45, 2.75) is 13.0 Å². The minimum atomic E-state index is -1.00. The van der Waals surface area contributed by atoms with Gasteiger partial charge >= 0.3 is 5.97 Å². The van der Waals surface area contributed by atoms with Crippen molar-refractivity contribution >= 4 is 29.5 Å². The van der Waals surface area contributed by atoms with Crippen LogP contribution in [0.2, 0.25) is 0 Å². The Bertz CT molecular complexity index is 549. The number of carbonyl (C=O) groups is 1. The fourth-order valence-electron chi connectivity index (χ4n) is 1.81. The molecule has 5 heteroatoms. The van der Waals surface area contributed by atoms with Crippen LogP contribution < -0.4 is 4.90 Å². The summed E-state index contributed by atoms with van der Waals surface area (Å²) in [6, 6.07) is 7.87. The van der Waals surface area contributed by atoms with Gasteiger partial charge in [0.2, 0.25) is 0 Å². The van der Waals surface area contributed by atoms with E-state index in [9.17, 15) is 10.1 Å². The van der Waals surface area contributed by atoms with Gasteiger partial charge in [0.1, 0.15) is 6.07 Å². The molecule has 1 aromatic rings. The molecule has 0 aromatic heterocycles. The van der Waals surface area contributed by atoms with E-state index in [1.54, 1.807) is 17.8 Å². The summed E-state index contributed by atoms with van der Waals surface area (Å²) in [4.78, 5) is 12.6.